The van der Waals surface area contributed by atoms with Gasteiger partial charge in [-0.2, -0.15) is 17.6 Å². The van der Waals surface area contributed by atoms with Gasteiger partial charge in [0.1, 0.15) is 5.82 Å². The second kappa shape index (κ2) is 8.12. The Kier molecular flexibility index (Phi) is 5.75. The van der Waals surface area contributed by atoms with Gasteiger partial charge in [-0.25, -0.2) is 8.78 Å². The van der Waals surface area contributed by atoms with Crippen LogP contribution in [0, 0.1) is 11.6 Å². The molecule has 1 aliphatic heterocycles. The molecule has 9 heteroatoms. The van der Waals surface area contributed by atoms with Crippen molar-refractivity contribution in [1.29, 1.82) is 0 Å². The van der Waals surface area contributed by atoms with Gasteiger partial charge in [-0.3, -0.25) is 0 Å². The number of hydrogen-bond donors (Lipinski definition) is 0. The molecule has 1 heterocycles. The SMILES string of the molecule is C=CCCC1OCC(c2ccc3c(c2F)C(F)(F)C(F)(F)c2c-3ccc(OC)c2F)CO1. The molecule has 0 atom stereocenters. The molecule has 2 aliphatic rings. The molecule has 0 bridgehead atoms. The number of benzene rings is 2. The molecule has 0 saturated carbocycles. The van der Waals surface area contributed by atoms with Crippen LogP contribution < -0.4 is 4.74 Å². The number of halogens is 6. The summed E-state index contributed by atoms with van der Waals surface area (Å²) in [6.07, 6.45) is 2.30. The van der Waals surface area contributed by atoms with Crippen molar-refractivity contribution in [3.05, 3.63) is 65.2 Å². The molecule has 32 heavy (non-hydrogen) atoms. The first kappa shape index (κ1) is 22.7. The minimum absolute atomic E-state index is 0.0259. The summed E-state index contributed by atoms with van der Waals surface area (Å²) < 4.78 is 105. The first-order valence-electron chi connectivity index (χ1n) is 9.95. The third kappa shape index (κ3) is 3.29. The van der Waals surface area contributed by atoms with Gasteiger partial charge in [0.15, 0.2) is 17.9 Å². The van der Waals surface area contributed by atoms with Crippen molar-refractivity contribution in [2.75, 3.05) is 20.3 Å². The number of alkyl halides is 4. The molecule has 3 nitrogen and oxygen atoms in total. The molecule has 0 radical (unpaired) electrons. The summed E-state index contributed by atoms with van der Waals surface area (Å²) in [6, 6.07) is 4.39. The average Bonchev–Trinajstić information content (AvgIpc) is 2.76. The van der Waals surface area contributed by atoms with Gasteiger partial charge in [0.25, 0.3) is 0 Å². The maximum absolute atomic E-state index is 15.4. The van der Waals surface area contributed by atoms with Crippen LogP contribution in [-0.2, 0) is 21.3 Å². The normalized spacial score (nSPS) is 23.2. The predicted molar refractivity (Wildman–Crippen MR) is 104 cm³/mol. The summed E-state index contributed by atoms with van der Waals surface area (Å²) in [6.45, 7) is 3.54. The Balaban J connectivity index is 1.79. The van der Waals surface area contributed by atoms with Crippen LogP contribution in [0.5, 0.6) is 5.75 Å². The lowest BCUT2D eigenvalue weighted by molar-refractivity contribution is -0.228. The largest absolute Gasteiger partial charge is 0.494 e. The molecule has 0 N–H and O–H groups in total. The molecule has 2 aromatic rings. The molecular weight excluding hydrogens is 438 g/mol. The molecule has 0 amide bonds. The highest BCUT2D eigenvalue weighted by Gasteiger charge is 2.65. The number of ether oxygens (including phenoxy) is 3. The number of fused-ring (bicyclic) bond motifs is 3. The number of methoxy groups -OCH3 is 1. The van der Waals surface area contributed by atoms with E-state index in [1.54, 1.807) is 6.08 Å². The second-order valence-electron chi connectivity index (χ2n) is 7.70. The highest BCUT2D eigenvalue weighted by atomic mass is 19.3. The van der Waals surface area contributed by atoms with E-state index >= 15 is 13.2 Å². The Morgan fingerprint density at radius 1 is 0.969 bits per heavy atom. The Bertz CT molecular complexity index is 1040. The highest BCUT2D eigenvalue weighted by Crippen LogP contribution is 2.60. The van der Waals surface area contributed by atoms with Crippen molar-refractivity contribution in [2.24, 2.45) is 0 Å². The minimum Gasteiger partial charge on any atom is -0.494 e. The fourth-order valence-corrected chi connectivity index (χ4v) is 4.14. The Morgan fingerprint density at radius 3 is 2.09 bits per heavy atom. The Morgan fingerprint density at radius 2 is 1.53 bits per heavy atom. The summed E-state index contributed by atoms with van der Waals surface area (Å²) >= 11 is 0. The number of allylic oxidation sites excluding steroid dienone is 1. The molecule has 0 spiro atoms. The van der Waals surface area contributed by atoms with Crippen molar-refractivity contribution in [3.63, 3.8) is 0 Å². The fraction of sp³-hybridized carbons (Fsp3) is 0.391. The van der Waals surface area contributed by atoms with Gasteiger partial charge in [-0.05, 0) is 35.2 Å². The molecule has 0 unspecified atom stereocenters. The van der Waals surface area contributed by atoms with E-state index in [1.165, 1.54) is 6.07 Å². The molecule has 172 valence electrons. The van der Waals surface area contributed by atoms with E-state index in [0.29, 0.717) is 12.8 Å². The van der Waals surface area contributed by atoms with Crippen molar-refractivity contribution in [1.82, 2.24) is 0 Å². The zero-order valence-corrected chi connectivity index (χ0v) is 17.1. The second-order valence-corrected chi connectivity index (χ2v) is 7.70. The van der Waals surface area contributed by atoms with Crippen LogP contribution in [0.2, 0.25) is 0 Å². The van der Waals surface area contributed by atoms with Gasteiger partial charge >= 0.3 is 11.8 Å². The van der Waals surface area contributed by atoms with E-state index in [0.717, 1.165) is 25.3 Å². The maximum atomic E-state index is 15.4. The van der Waals surface area contributed by atoms with E-state index in [2.05, 4.69) is 11.3 Å². The molecule has 4 rings (SSSR count). The first-order chi connectivity index (χ1) is 15.1. The first-order valence-corrected chi connectivity index (χ1v) is 9.95. The van der Waals surface area contributed by atoms with Crippen LogP contribution in [0.3, 0.4) is 0 Å². The number of hydrogen-bond acceptors (Lipinski definition) is 3. The molecule has 2 aromatic carbocycles. The van der Waals surface area contributed by atoms with Gasteiger partial charge in [0.05, 0.1) is 31.5 Å². The molecule has 1 saturated heterocycles. The zero-order chi connectivity index (χ0) is 23.3. The zero-order valence-electron chi connectivity index (χ0n) is 17.1. The average molecular weight is 458 g/mol. The minimum atomic E-state index is -5.00. The topological polar surface area (TPSA) is 27.7 Å². The summed E-state index contributed by atoms with van der Waals surface area (Å²) in [5.41, 5.74) is -4.22. The highest BCUT2D eigenvalue weighted by molar-refractivity contribution is 5.77. The Labute approximate surface area is 180 Å². The molecule has 1 fully saturated rings. The van der Waals surface area contributed by atoms with Crippen LogP contribution in [0.1, 0.15) is 35.4 Å². The van der Waals surface area contributed by atoms with E-state index < -0.39 is 63.7 Å². The predicted octanol–water partition coefficient (Wildman–Crippen LogP) is 6.26. The van der Waals surface area contributed by atoms with Crippen molar-refractivity contribution < 1.29 is 40.6 Å². The third-order valence-electron chi connectivity index (χ3n) is 5.82. The van der Waals surface area contributed by atoms with Gasteiger partial charge in [0, 0.05) is 12.3 Å². The van der Waals surface area contributed by atoms with E-state index in [9.17, 15) is 13.2 Å². The van der Waals surface area contributed by atoms with Crippen LogP contribution in [0.4, 0.5) is 26.3 Å². The summed E-state index contributed by atoms with van der Waals surface area (Å²) in [5.74, 6) is -14.4. The van der Waals surface area contributed by atoms with Crippen LogP contribution in [-0.4, -0.2) is 26.6 Å². The van der Waals surface area contributed by atoms with Gasteiger partial charge in [-0.1, -0.05) is 18.2 Å². The molecular formula is C23H20F6O3. The Hall–Kier alpha value is -2.52. The quantitative estimate of drug-likeness (QED) is 0.391. The molecule has 1 aliphatic carbocycles. The van der Waals surface area contributed by atoms with Gasteiger partial charge in [0.2, 0.25) is 0 Å². The number of rotatable bonds is 5. The standard InChI is InChI=1S/C23H20F6O3/c1-3-4-5-17-31-10-12(11-32-17)13-6-7-14-15-8-9-16(30-2)21(25)19(15)23(28,29)22(26,27)18(14)20(13)24/h3,6-9,12,17H,1,4-5,10-11H2,2H3. The van der Waals surface area contributed by atoms with Crippen LogP contribution >= 0.6 is 0 Å². The summed E-state index contributed by atoms with van der Waals surface area (Å²) in [7, 11) is 1.03. The van der Waals surface area contributed by atoms with E-state index in [-0.39, 0.29) is 18.8 Å². The lowest BCUT2D eigenvalue weighted by Crippen LogP contribution is -2.41. The van der Waals surface area contributed by atoms with Crippen molar-refractivity contribution in [3.8, 4) is 16.9 Å². The summed E-state index contributed by atoms with van der Waals surface area (Å²) in [4.78, 5) is 0. The van der Waals surface area contributed by atoms with Crippen LogP contribution in [0.15, 0.2) is 36.9 Å². The smallest absolute Gasteiger partial charge is 0.343 e. The fourth-order valence-electron chi connectivity index (χ4n) is 4.14. The lowest BCUT2D eigenvalue weighted by atomic mass is 9.78. The van der Waals surface area contributed by atoms with Crippen LogP contribution in [0.25, 0.3) is 11.1 Å². The van der Waals surface area contributed by atoms with E-state index in [4.69, 9.17) is 9.47 Å². The molecule has 0 aromatic heterocycles. The third-order valence-corrected chi connectivity index (χ3v) is 5.82. The van der Waals surface area contributed by atoms with Crippen molar-refractivity contribution >= 4 is 0 Å². The maximum Gasteiger partial charge on any atom is 0.343 e. The van der Waals surface area contributed by atoms with E-state index in [1.807, 2.05) is 0 Å². The summed E-state index contributed by atoms with van der Waals surface area (Å²) in [5, 5.41) is 0. The van der Waals surface area contributed by atoms with Crippen molar-refractivity contribution in [2.45, 2.75) is 36.9 Å². The van der Waals surface area contributed by atoms with Gasteiger partial charge in [-0.15, -0.1) is 6.58 Å². The monoisotopic (exact) mass is 458 g/mol. The van der Waals surface area contributed by atoms with Gasteiger partial charge < -0.3 is 14.2 Å². The lowest BCUT2D eigenvalue weighted by Gasteiger charge is -2.36.